The molecule has 0 unspecified atom stereocenters. The number of anilines is 1. The highest BCUT2D eigenvalue weighted by Crippen LogP contribution is 2.26. The van der Waals surface area contributed by atoms with Gasteiger partial charge in [0.2, 0.25) is 0 Å². The predicted octanol–water partition coefficient (Wildman–Crippen LogP) is 2.99. The minimum Gasteiger partial charge on any atom is -0.353 e. The summed E-state index contributed by atoms with van der Waals surface area (Å²) >= 11 is 0. The molecule has 0 spiro atoms. The third-order valence-electron chi connectivity index (χ3n) is 5.49. The van der Waals surface area contributed by atoms with E-state index >= 15 is 0 Å². The Morgan fingerprint density at radius 1 is 1.00 bits per heavy atom. The topological polar surface area (TPSA) is 67.2 Å². The number of hydrogen-bond donors (Lipinski definition) is 0. The second-order valence-corrected chi connectivity index (χ2v) is 7.44. The molecule has 1 amide bonds. The van der Waals surface area contributed by atoms with Crippen LogP contribution in [0.1, 0.15) is 10.4 Å². The maximum absolute atomic E-state index is 13.5. The molecule has 0 radical (unpaired) electrons. The van der Waals surface area contributed by atoms with Gasteiger partial charge in [-0.05, 0) is 24.3 Å². The summed E-state index contributed by atoms with van der Waals surface area (Å²) in [6.07, 6.45) is 5.49. The number of para-hydroxylation sites is 1. The van der Waals surface area contributed by atoms with Crippen LogP contribution >= 0.6 is 0 Å². The molecule has 0 aliphatic carbocycles. The molecule has 1 aliphatic heterocycles. The summed E-state index contributed by atoms with van der Waals surface area (Å²) in [4.78, 5) is 26.8. The average molecular weight is 398 g/mol. The average Bonchev–Trinajstić information content (AvgIpc) is 3.25. The lowest BCUT2D eigenvalue weighted by atomic mass is 10.0. The minimum absolute atomic E-state index is 0.0411. The monoisotopic (exact) mass is 398 g/mol. The predicted molar refractivity (Wildman–Crippen MR) is 116 cm³/mol. The summed E-state index contributed by atoms with van der Waals surface area (Å²) in [6.45, 7) is 2.85. The zero-order valence-electron chi connectivity index (χ0n) is 16.8. The van der Waals surface area contributed by atoms with Gasteiger partial charge in [-0.3, -0.25) is 9.48 Å². The van der Waals surface area contributed by atoms with Crippen molar-refractivity contribution in [2.24, 2.45) is 7.05 Å². The molecule has 1 fully saturated rings. The van der Waals surface area contributed by atoms with Gasteiger partial charge in [-0.25, -0.2) is 9.97 Å². The number of carbonyl (C=O) groups is 1. The van der Waals surface area contributed by atoms with Gasteiger partial charge < -0.3 is 9.80 Å². The normalized spacial score (nSPS) is 14.3. The van der Waals surface area contributed by atoms with Crippen molar-refractivity contribution in [3.63, 3.8) is 0 Å². The quantitative estimate of drug-likeness (QED) is 0.531. The van der Waals surface area contributed by atoms with Crippen molar-refractivity contribution >= 4 is 22.6 Å². The second kappa shape index (κ2) is 7.59. The Morgan fingerprint density at radius 3 is 2.53 bits per heavy atom. The van der Waals surface area contributed by atoms with Crippen molar-refractivity contribution in [3.8, 4) is 11.3 Å². The molecule has 4 heterocycles. The second-order valence-electron chi connectivity index (χ2n) is 7.44. The van der Waals surface area contributed by atoms with Gasteiger partial charge in [0.1, 0.15) is 5.82 Å². The van der Waals surface area contributed by atoms with Gasteiger partial charge in [-0.1, -0.05) is 24.3 Å². The van der Waals surface area contributed by atoms with Crippen LogP contribution in [0.4, 0.5) is 5.82 Å². The third kappa shape index (κ3) is 3.39. The number of carbonyl (C=O) groups excluding carboxylic acids is 1. The van der Waals surface area contributed by atoms with Crippen LogP contribution < -0.4 is 4.90 Å². The van der Waals surface area contributed by atoms with Crippen LogP contribution in [0, 0.1) is 0 Å². The summed E-state index contributed by atoms with van der Waals surface area (Å²) in [5.74, 6) is 0.997. The van der Waals surface area contributed by atoms with Crippen molar-refractivity contribution in [3.05, 3.63) is 72.7 Å². The lowest BCUT2D eigenvalue weighted by molar-refractivity contribution is 0.0748. The van der Waals surface area contributed by atoms with E-state index in [4.69, 9.17) is 4.98 Å². The first kappa shape index (κ1) is 18.3. The largest absolute Gasteiger partial charge is 0.353 e. The highest BCUT2D eigenvalue weighted by atomic mass is 16.2. The molecular weight excluding hydrogens is 376 g/mol. The molecule has 1 saturated heterocycles. The number of aryl methyl sites for hydroxylation is 1. The molecule has 30 heavy (non-hydrogen) atoms. The SMILES string of the molecule is Cn1cc(-c2cc(C(=O)N3CCN(c4ccccn4)CC3)c3ccccc3n2)cn1. The van der Waals surface area contributed by atoms with Crippen molar-refractivity contribution < 1.29 is 4.79 Å². The maximum Gasteiger partial charge on any atom is 0.254 e. The molecule has 0 saturated carbocycles. The van der Waals surface area contributed by atoms with Crippen LogP contribution in [-0.2, 0) is 7.05 Å². The van der Waals surface area contributed by atoms with E-state index in [0.29, 0.717) is 18.7 Å². The van der Waals surface area contributed by atoms with E-state index in [-0.39, 0.29) is 5.91 Å². The highest BCUT2D eigenvalue weighted by Gasteiger charge is 2.25. The Kier molecular flexibility index (Phi) is 4.63. The van der Waals surface area contributed by atoms with Crippen molar-refractivity contribution in [2.75, 3.05) is 31.1 Å². The van der Waals surface area contributed by atoms with Gasteiger partial charge in [-0.15, -0.1) is 0 Å². The number of rotatable bonds is 3. The molecule has 150 valence electrons. The number of nitrogens with zero attached hydrogens (tertiary/aromatic N) is 6. The fourth-order valence-electron chi connectivity index (χ4n) is 3.90. The van der Waals surface area contributed by atoms with Crippen molar-refractivity contribution in [1.82, 2.24) is 24.6 Å². The number of fused-ring (bicyclic) bond motifs is 1. The van der Waals surface area contributed by atoms with Gasteiger partial charge in [0.25, 0.3) is 5.91 Å². The fourth-order valence-corrected chi connectivity index (χ4v) is 3.90. The molecule has 0 atom stereocenters. The van der Waals surface area contributed by atoms with Crippen molar-refractivity contribution in [2.45, 2.75) is 0 Å². The van der Waals surface area contributed by atoms with Gasteiger partial charge in [0.15, 0.2) is 0 Å². The van der Waals surface area contributed by atoms with Gasteiger partial charge in [0.05, 0.1) is 23.0 Å². The number of benzene rings is 1. The molecule has 5 rings (SSSR count). The number of pyridine rings is 2. The summed E-state index contributed by atoms with van der Waals surface area (Å²) < 4.78 is 1.74. The van der Waals surface area contributed by atoms with Gasteiger partial charge in [-0.2, -0.15) is 5.10 Å². The van der Waals surface area contributed by atoms with Crippen LogP contribution in [0.2, 0.25) is 0 Å². The number of aromatic nitrogens is 4. The minimum atomic E-state index is 0.0411. The summed E-state index contributed by atoms with van der Waals surface area (Å²) in [6, 6.07) is 15.6. The maximum atomic E-state index is 13.5. The first-order chi connectivity index (χ1) is 14.7. The smallest absolute Gasteiger partial charge is 0.254 e. The summed E-state index contributed by atoms with van der Waals surface area (Å²) in [7, 11) is 1.87. The molecule has 0 N–H and O–H groups in total. The fraction of sp³-hybridized carbons (Fsp3) is 0.217. The Bertz CT molecular complexity index is 1190. The first-order valence-electron chi connectivity index (χ1n) is 10.0. The van der Waals surface area contributed by atoms with E-state index in [0.717, 1.165) is 41.1 Å². The van der Waals surface area contributed by atoms with Crippen LogP contribution in [0.5, 0.6) is 0 Å². The zero-order valence-corrected chi connectivity index (χ0v) is 16.8. The van der Waals surface area contributed by atoms with E-state index in [2.05, 4.69) is 15.0 Å². The molecule has 3 aromatic heterocycles. The number of amides is 1. The molecule has 1 aliphatic rings. The van der Waals surface area contributed by atoms with E-state index in [1.165, 1.54) is 0 Å². The summed E-state index contributed by atoms with van der Waals surface area (Å²) in [5.41, 5.74) is 3.16. The molecular formula is C23H22N6O. The van der Waals surface area contributed by atoms with Crippen LogP contribution in [0.3, 0.4) is 0 Å². The molecule has 0 bridgehead atoms. The zero-order chi connectivity index (χ0) is 20.5. The Labute approximate surface area is 174 Å². The Morgan fingerprint density at radius 2 is 1.80 bits per heavy atom. The lowest BCUT2D eigenvalue weighted by Crippen LogP contribution is -2.49. The molecule has 1 aromatic carbocycles. The van der Waals surface area contributed by atoms with Gasteiger partial charge >= 0.3 is 0 Å². The Balaban J connectivity index is 1.45. The number of hydrogen-bond acceptors (Lipinski definition) is 5. The lowest BCUT2D eigenvalue weighted by Gasteiger charge is -2.35. The van der Waals surface area contributed by atoms with Crippen LogP contribution in [0.25, 0.3) is 22.2 Å². The van der Waals surface area contributed by atoms with E-state index in [1.54, 1.807) is 17.1 Å². The van der Waals surface area contributed by atoms with E-state index in [1.807, 2.05) is 66.7 Å². The van der Waals surface area contributed by atoms with Crippen LogP contribution in [-0.4, -0.2) is 56.7 Å². The van der Waals surface area contributed by atoms with Crippen molar-refractivity contribution in [1.29, 1.82) is 0 Å². The molecule has 4 aromatic rings. The van der Waals surface area contributed by atoms with Gasteiger partial charge in [0, 0.05) is 56.6 Å². The standard InChI is InChI=1S/C23H22N6O/c1-27-16-17(15-25-27)21-14-19(18-6-2-3-7-20(18)26-21)23(30)29-12-10-28(11-13-29)22-8-4-5-9-24-22/h2-9,14-16H,10-13H2,1H3. The Hall–Kier alpha value is -3.74. The van der Waals surface area contributed by atoms with E-state index in [9.17, 15) is 4.79 Å². The number of piperazine rings is 1. The highest BCUT2D eigenvalue weighted by molar-refractivity contribution is 6.07. The summed E-state index contributed by atoms with van der Waals surface area (Å²) in [5, 5.41) is 5.12. The first-order valence-corrected chi connectivity index (χ1v) is 10.0. The molecule has 7 heteroatoms. The molecule has 7 nitrogen and oxygen atoms in total. The van der Waals surface area contributed by atoms with Crippen LogP contribution in [0.15, 0.2) is 67.1 Å². The van der Waals surface area contributed by atoms with E-state index < -0.39 is 0 Å². The third-order valence-corrected chi connectivity index (χ3v) is 5.49.